The van der Waals surface area contributed by atoms with E-state index in [0.29, 0.717) is 13.4 Å². The highest BCUT2D eigenvalue weighted by molar-refractivity contribution is 5.85. The molecule has 0 bridgehead atoms. The Balaban J connectivity index is 0.00000181. The molecule has 0 radical (unpaired) electrons. The molecule has 0 spiro atoms. The van der Waals surface area contributed by atoms with Gasteiger partial charge in [0.15, 0.2) is 6.79 Å². The summed E-state index contributed by atoms with van der Waals surface area (Å²) in [6.07, 6.45) is 5.05. The first-order chi connectivity index (χ1) is 14.7. The number of rotatable bonds is 7. The average Bonchev–Trinajstić information content (AvgIpc) is 2.81. The van der Waals surface area contributed by atoms with Crippen LogP contribution in [0, 0.1) is 5.92 Å². The van der Waals surface area contributed by atoms with E-state index in [1.807, 2.05) is 6.92 Å². The Morgan fingerprint density at radius 3 is 2.25 bits per heavy atom. The second-order valence-electron chi connectivity index (χ2n) is 8.81. The van der Waals surface area contributed by atoms with Crippen LogP contribution in [0.5, 0.6) is 5.75 Å². The molecular weight excluding hydrogens is 443 g/mol. The van der Waals surface area contributed by atoms with Crippen LogP contribution in [0.15, 0.2) is 54.6 Å². The van der Waals surface area contributed by atoms with Crippen molar-refractivity contribution in [1.29, 1.82) is 0 Å². The second kappa shape index (κ2) is 12.7. The highest BCUT2D eigenvalue weighted by Crippen LogP contribution is 2.45. The molecule has 2 aromatic carbocycles. The highest BCUT2D eigenvalue weighted by Gasteiger charge is 2.42. The number of hydrogen-bond acceptors (Lipinski definition) is 4. The van der Waals surface area contributed by atoms with E-state index in [-0.39, 0.29) is 30.4 Å². The molecule has 1 saturated carbocycles. The van der Waals surface area contributed by atoms with Gasteiger partial charge in [0.2, 0.25) is 0 Å². The van der Waals surface area contributed by atoms with Gasteiger partial charge in [-0.3, -0.25) is 4.90 Å². The number of nitrogens with zero attached hydrogens (tertiary/aromatic N) is 2. The summed E-state index contributed by atoms with van der Waals surface area (Å²) in [6, 6.07) is 19.6. The van der Waals surface area contributed by atoms with Crippen LogP contribution in [0.3, 0.4) is 0 Å². The van der Waals surface area contributed by atoms with Crippen LogP contribution >= 0.6 is 24.8 Å². The Bertz CT molecular complexity index is 789. The highest BCUT2D eigenvalue weighted by atomic mass is 35.5. The largest absolute Gasteiger partial charge is 0.468 e. The zero-order valence-electron chi connectivity index (χ0n) is 19.4. The molecule has 178 valence electrons. The standard InChI is InChI=1S/C26H36N2O2.2ClH/c1-3-29-21-30-25-11-7-8-23(20-25)26(14-12-22(2)13-15-26)28-18-16-27(17-19-28)24-9-5-4-6-10-24;;/h4-11,20,22H,3,12-19,21H2,1-2H3;2*1H. The third-order valence-electron chi connectivity index (χ3n) is 6.99. The van der Waals surface area contributed by atoms with Gasteiger partial charge in [-0.1, -0.05) is 37.3 Å². The lowest BCUT2D eigenvalue weighted by Crippen LogP contribution is -2.56. The molecule has 1 saturated heterocycles. The van der Waals surface area contributed by atoms with Crippen molar-refractivity contribution in [2.24, 2.45) is 5.92 Å². The van der Waals surface area contributed by atoms with E-state index in [4.69, 9.17) is 9.47 Å². The summed E-state index contributed by atoms with van der Waals surface area (Å²) < 4.78 is 11.3. The van der Waals surface area contributed by atoms with E-state index in [2.05, 4.69) is 71.3 Å². The topological polar surface area (TPSA) is 24.9 Å². The fourth-order valence-corrected chi connectivity index (χ4v) is 5.13. The molecule has 1 aliphatic heterocycles. The van der Waals surface area contributed by atoms with Gasteiger partial charge in [-0.25, -0.2) is 0 Å². The molecule has 2 aliphatic rings. The minimum atomic E-state index is 0. The van der Waals surface area contributed by atoms with Gasteiger partial charge in [-0.15, -0.1) is 24.8 Å². The van der Waals surface area contributed by atoms with E-state index >= 15 is 0 Å². The molecule has 0 unspecified atom stereocenters. The van der Waals surface area contributed by atoms with Crippen LogP contribution in [-0.2, 0) is 10.3 Å². The third kappa shape index (κ3) is 6.11. The fraction of sp³-hybridized carbons (Fsp3) is 0.538. The first-order valence-electron chi connectivity index (χ1n) is 11.6. The SMILES string of the molecule is CCOCOc1cccc(C2(N3CCN(c4ccccc4)CC3)CCC(C)CC2)c1.Cl.Cl. The smallest absolute Gasteiger partial charge is 0.189 e. The van der Waals surface area contributed by atoms with Crippen LogP contribution in [0.25, 0.3) is 0 Å². The average molecular weight is 482 g/mol. The van der Waals surface area contributed by atoms with Crippen molar-refractivity contribution in [1.82, 2.24) is 4.90 Å². The predicted octanol–water partition coefficient (Wildman–Crippen LogP) is 6.13. The maximum absolute atomic E-state index is 5.86. The van der Waals surface area contributed by atoms with Gasteiger partial charge in [0.25, 0.3) is 0 Å². The maximum Gasteiger partial charge on any atom is 0.189 e. The van der Waals surface area contributed by atoms with Crippen molar-refractivity contribution in [2.75, 3.05) is 44.5 Å². The quantitative estimate of drug-likeness (QED) is 0.351. The molecule has 4 nitrogen and oxygen atoms in total. The van der Waals surface area contributed by atoms with Gasteiger partial charge in [0, 0.05) is 44.0 Å². The third-order valence-corrected chi connectivity index (χ3v) is 6.99. The fourth-order valence-electron chi connectivity index (χ4n) is 5.13. The maximum atomic E-state index is 5.86. The normalized spacial score (nSPS) is 23.7. The van der Waals surface area contributed by atoms with Crippen LogP contribution < -0.4 is 9.64 Å². The van der Waals surface area contributed by atoms with Gasteiger partial charge < -0.3 is 14.4 Å². The van der Waals surface area contributed by atoms with Crippen LogP contribution in [-0.4, -0.2) is 44.5 Å². The molecule has 2 fully saturated rings. The molecule has 0 amide bonds. The number of benzene rings is 2. The summed E-state index contributed by atoms with van der Waals surface area (Å²) in [5, 5.41) is 0. The number of para-hydroxylation sites is 1. The molecule has 1 heterocycles. The molecule has 4 rings (SSSR count). The predicted molar refractivity (Wildman–Crippen MR) is 138 cm³/mol. The van der Waals surface area contributed by atoms with Crippen LogP contribution in [0.4, 0.5) is 5.69 Å². The first-order valence-corrected chi connectivity index (χ1v) is 11.6. The number of hydrogen-bond donors (Lipinski definition) is 0. The molecule has 1 aliphatic carbocycles. The van der Waals surface area contributed by atoms with Crippen molar-refractivity contribution in [3.05, 3.63) is 60.2 Å². The lowest BCUT2D eigenvalue weighted by molar-refractivity contribution is 0.0199. The minimum absolute atomic E-state index is 0. The summed E-state index contributed by atoms with van der Waals surface area (Å²) in [5.74, 6) is 1.74. The minimum Gasteiger partial charge on any atom is -0.468 e. The molecule has 2 aromatic rings. The molecule has 6 heteroatoms. The van der Waals surface area contributed by atoms with Crippen molar-refractivity contribution in [2.45, 2.75) is 45.1 Å². The van der Waals surface area contributed by atoms with Crippen LogP contribution in [0.1, 0.15) is 45.1 Å². The molecule has 0 N–H and O–H groups in total. The summed E-state index contributed by atoms with van der Waals surface area (Å²) >= 11 is 0. The second-order valence-corrected chi connectivity index (χ2v) is 8.81. The van der Waals surface area contributed by atoms with Gasteiger partial charge in [-0.2, -0.15) is 0 Å². The molecule has 32 heavy (non-hydrogen) atoms. The van der Waals surface area contributed by atoms with Crippen molar-refractivity contribution >= 4 is 30.5 Å². The molecular formula is C26H38Cl2N2O2. The van der Waals surface area contributed by atoms with E-state index in [0.717, 1.165) is 37.8 Å². The van der Waals surface area contributed by atoms with Gasteiger partial charge in [0.1, 0.15) is 5.75 Å². The summed E-state index contributed by atoms with van der Waals surface area (Å²) in [7, 11) is 0. The van der Waals surface area contributed by atoms with Crippen molar-refractivity contribution in [3.8, 4) is 5.75 Å². The van der Waals surface area contributed by atoms with Crippen LogP contribution in [0.2, 0.25) is 0 Å². The number of piperazine rings is 1. The van der Waals surface area contributed by atoms with Crippen molar-refractivity contribution in [3.63, 3.8) is 0 Å². The van der Waals surface area contributed by atoms with Gasteiger partial charge >= 0.3 is 0 Å². The van der Waals surface area contributed by atoms with E-state index < -0.39 is 0 Å². The van der Waals surface area contributed by atoms with Gasteiger partial charge in [-0.05, 0) is 68.4 Å². The number of halogens is 2. The Morgan fingerprint density at radius 1 is 0.906 bits per heavy atom. The van der Waals surface area contributed by atoms with Crippen molar-refractivity contribution < 1.29 is 9.47 Å². The summed E-state index contributed by atoms with van der Waals surface area (Å²) in [5.41, 5.74) is 2.88. The van der Waals surface area contributed by atoms with E-state index in [9.17, 15) is 0 Å². The zero-order chi connectivity index (χ0) is 20.8. The summed E-state index contributed by atoms with van der Waals surface area (Å²) in [4.78, 5) is 5.29. The Morgan fingerprint density at radius 2 is 1.59 bits per heavy atom. The summed E-state index contributed by atoms with van der Waals surface area (Å²) in [6.45, 7) is 9.77. The Labute approximate surface area is 206 Å². The Kier molecular flexibility index (Phi) is 10.6. The lowest BCUT2D eigenvalue weighted by Gasteiger charge is -2.51. The van der Waals surface area contributed by atoms with E-state index in [1.54, 1.807) is 0 Å². The van der Waals surface area contributed by atoms with E-state index in [1.165, 1.54) is 36.9 Å². The lowest BCUT2D eigenvalue weighted by atomic mass is 9.71. The Hall–Kier alpha value is -1.46. The molecule has 0 aromatic heterocycles. The zero-order valence-corrected chi connectivity index (χ0v) is 21.0. The molecule has 0 atom stereocenters. The number of anilines is 1. The monoisotopic (exact) mass is 480 g/mol. The van der Waals surface area contributed by atoms with Gasteiger partial charge in [0.05, 0.1) is 0 Å². The number of ether oxygens (including phenoxy) is 2. The first kappa shape index (κ1) is 26.8.